The number of amides is 2. The van der Waals surface area contributed by atoms with E-state index in [2.05, 4.69) is 12.2 Å². The zero-order chi connectivity index (χ0) is 14.5. The van der Waals surface area contributed by atoms with Crippen LogP contribution in [0.5, 0.6) is 0 Å². The summed E-state index contributed by atoms with van der Waals surface area (Å²) in [7, 11) is 1.75. The maximum Gasteiger partial charge on any atom is 0.317 e. The van der Waals surface area contributed by atoms with Gasteiger partial charge in [0, 0.05) is 19.2 Å². The molecule has 0 aliphatic rings. The molecule has 19 heavy (non-hydrogen) atoms. The predicted molar refractivity (Wildman–Crippen MR) is 75.5 cm³/mol. The number of nitrogens with one attached hydrogen (secondary N) is 1. The van der Waals surface area contributed by atoms with Crippen LogP contribution in [0.3, 0.4) is 0 Å². The van der Waals surface area contributed by atoms with Crippen LogP contribution in [0.25, 0.3) is 0 Å². The van der Waals surface area contributed by atoms with Gasteiger partial charge in [0.2, 0.25) is 0 Å². The van der Waals surface area contributed by atoms with Crippen LogP contribution < -0.4 is 5.32 Å². The highest BCUT2D eigenvalue weighted by atomic mass is 19.1. The summed E-state index contributed by atoms with van der Waals surface area (Å²) in [4.78, 5) is 13.7. The Hall–Kier alpha value is -1.58. The van der Waals surface area contributed by atoms with Gasteiger partial charge >= 0.3 is 6.03 Å². The zero-order valence-corrected chi connectivity index (χ0v) is 12.2. The third kappa shape index (κ3) is 4.23. The number of hydrogen-bond donors (Lipinski definition) is 1. The van der Waals surface area contributed by atoms with E-state index in [-0.39, 0.29) is 11.8 Å². The van der Waals surface area contributed by atoms with E-state index in [1.54, 1.807) is 44.0 Å². The molecule has 1 aromatic carbocycles. The second-order valence-corrected chi connectivity index (χ2v) is 5.31. The number of hydrogen-bond acceptors (Lipinski definition) is 1. The van der Waals surface area contributed by atoms with Gasteiger partial charge in [0.05, 0.1) is 5.54 Å². The zero-order valence-electron chi connectivity index (χ0n) is 12.2. The molecular formula is C15H23FN2O. The highest BCUT2D eigenvalue weighted by molar-refractivity contribution is 5.75. The van der Waals surface area contributed by atoms with Crippen molar-refractivity contribution in [1.29, 1.82) is 0 Å². The third-order valence-electron chi connectivity index (χ3n) is 3.16. The van der Waals surface area contributed by atoms with E-state index in [1.807, 2.05) is 0 Å². The largest absolute Gasteiger partial charge is 0.329 e. The second-order valence-electron chi connectivity index (χ2n) is 5.31. The van der Waals surface area contributed by atoms with Gasteiger partial charge in [-0.3, -0.25) is 0 Å². The molecule has 2 amide bonds. The van der Waals surface area contributed by atoms with E-state index >= 15 is 0 Å². The predicted octanol–water partition coefficient (Wildman–Crippen LogP) is 3.50. The Kier molecular flexibility index (Phi) is 5.33. The number of benzene rings is 1. The Morgan fingerprint density at radius 1 is 1.37 bits per heavy atom. The Bertz CT molecular complexity index is 432. The van der Waals surface area contributed by atoms with Gasteiger partial charge in [-0.1, -0.05) is 31.5 Å². The van der Waals surface area contributed by atoms with Gasteiger partial charge in [0.1, 0.15) is 5.82 Å². The first-order valence-corrected chi connectivity index (χ1v) is 6.66. The van der Waals surface area contributed by atoms with E-state index in [0.717, 1.165) is 12.8 Å². The Morgan fingerprint density at radius 3 is 2.58 bits per heavy atom. The summed E-state index contributed by atoms with van der Waals surface area (Å²) >= 11 is 0. The summed E-state index contributed by atoms with van der Waals surface area (Å²) in [5, 5.41) is 2.87. The summed E-state index contributed by atoms with van der Waals surface area (Å²) in [5.74, 6) is -0.302. The van der Waals surface area contributed by atoms with Crippen LogP contribution in [0, 0.1) is 5.82 Å². The molecule has 0 aromatic heterocycles. The number of carbonyl (C=O) groups excluding carboxylic acids is 1. The molecule has 0 spiro atoms. The summed E-state index contributed by atoms with van der Waals surface area (Å²) in [6, 6.07) is 6.34. The standard InChI is InChI=1S/C15H23FN2O/c1-5-6-11-18(4)14(19)17-15(2,3)12-9-7-8-10-13(12)16/h7-10H,5-6,11H2,1-4H3,(H,17,19). The lowest BCUT2D eigenvalue weighted by Crippen LogP contribution is -2.47. The molecule has 106 valence electrons. The lowest BCUT2D eigenvalue weighted by Gasteiger charge is -2.30. The molecular weight excluding hydrogens is 243 g/mol. The van der Waals surface area contributed by atoms with Crippen LogP contribution >= 0.6 is 0 Å². The van der Waals surface area contributed by atoms with Crippen molar-refractivity contribution < 1.29 is 9.18 Å². The summed E-state index contributed by atoms with van der Waals surface area (Å²) in [5.41, 5.74) is -0.240. The van der Waals surface area contributed by atoms with Crippen molar-refractivity contribution >= 4 is 6.03 Å². The summed E-state index contributed by atoms with van der Waals surface area (Å²) in [6.07, 6.45) is 2.00. The average Bonchev–Trinajstić information content (AvgIpc) is 2.35. The first kappa shape index (κ1) is 15.5. The fourth-order valence-corrected chi connectivity index (χ4v) is 1.90. The molecule has 1 N–H and O–H groups in total. The maximum absolute atomic E-state index is 13.8. The minimum atomic E-state index is -0.733. The molecule has 0 saturated heterocycles. The van der Waals surface area contributed by atoms with Gasteiger partial charge in [0.15, 0.2) is 0 Å². The molecule has 0 radical (unpaired) electrons. The fourth-order valence-electron chi connectivity index (χ4n) is 1.90. The summed E-state index contributed by atoms with van der Waals surface area (Å²) < 4.78 is 13.8. The monoisotopic (exact) mass is 266 g/mol. The quantitative estimate of drug-likeness (QED) is 0.869. The smallest absolute Gasteiger partial charge is 0.317 e. The molecule has 0 heterocycles. The van der Waals surface area contributed by atoms with Crippen molar-refractivity contribution in [1.82, 2.24) is 10.2 Å². The Morgan fingerprint density at radius 2 is 2.00 bits per heavy atom. The van der Waals surface area contributed by atoms with Crippen LogP contribution in [0.1, 0.15) is 39.2 Å². The van der Waals surface area contributed by atoms with Gasteiger partial charge in [-0.05, 0) is 26.3 Å². The van der Waals surface area contributed by atoms with Gasteiger partial charge in [0.25, 0.3) is 0 Å². The molecule has 0 fully saturated rings. The highest BCUT2D eigenvalue weighted by Gasteiger charge is 2.26. The van der Waals surface area contributed by atoms with Crippen LogP contribution in [0.4, 0.5) is 9.18 Å². The van der Waals surface area contributed by atoms with Crippen molar-refractivity contribution in [3.63, 3.8) is 0 Å². The Balaban J connectivity index is 2.74. The van der Waals surface area contributed by atoms with E-state index in [0.29, 0.717) is 12.1 Å². The first-order chi connectivity index (χ1) is 8.88. The number of halogens is 1. The van der Waals surface area contributed by atoms with Gasteiger partial charge in [-0.2, -0.15) is 0 Å². The van der Waals surface area contributed by atoms with Crippen molar-refractivity contribution in [2.24, 2.45) is 0 Å². The van der Waals surface area contributed by atoms with Crippen molar-refractivity contribution in [3.05, 3.63) is 35.6 Å². The summed E-state index contributed by atoms with van der Waals surface area (Å²) in [6.45, 7) is 6.39. The molecule has 1 aromatic rings. The minimum Gasteiger partial charge on any atom is -0.329 e. The van der Waals surface area contributed by atoms with E-state index < -0.39 is 5.54 Å². The van der Waals surface area contributed by atoms with E-state index in [1.165, 1.54) is 6.07 Å². The third-order valence-corrected chi connectivity index (χ3v) is 3.16. The van der Waals surface area contributed by atoms with E-state index in [9.17, 15) is 9.18 Å². The minimum absolute atomic E-state index is 0.179. The molecule has 0 saturated carbocycles. The molecule has 0 aliphatic carbocycles. The van der Waals surface area contributed by atoms with E-state index in [4.69, 9.17) is 0 Å². The average molecular weight is 266 g/mol. The second kappa shape index (κ2) is 6.55. The van der Waals surface area contributed by atoms with Crippen molar-refractivity contribution in [2.75, 3.05) is 13.6 Å². The number of nitrogens with zero attached hydrogens (tertiary/aromatic N) is 1. The topological polar surface area (TPSA) is 32.3 Å². The van der Waals surface area contributed by atoms with Crippen molar-refractivity contribution in [2.45, 2.75) is 39.2 Å². The van der Waals surface area contributed by atoms with Crippen LogP contribution in [0.15, 0.2) is 24.3 Å². The SMILES string of the molecule is CCCCN(C)C(=O)NC(C)(C)c1ccccc1F. The molecule has 4 heteroatoms. The molecule has 3 nitrogen and oxygen atoms in total. The first-order valence-electron chi connectivity index (χ1n) is 6.66. The van der Waals surface area contributed by atoms with Crippen LogP contribution in [0.2, 0.25) is 0 Å². The number of rotatable bonds is 5. The number of carbonyl (C=O) groups is 1. The van der Waals surface area contributed by atoms with Crippen LogP contribution in [-0.4, -0.2) is 24.5 Å². The molecule has 1 rings (SSSR count). The number of unbranched alkanes of at least 4 members (excludes halogenated alkanes) is 1. The van der Waals surface area contributed by atoms with Crippen molar-refractivity contribution in [3.8, 4) is 0 Å². The lowest BCUT2D eigenvalue weighted by molar-refractivity contribution is 0.196. The Labute approximate surface area is 114 Å². The molecule has 0 unspecified atom stereocenters. The number of urea groups is 1. The van der Waals surface area contributed by atoms with Gasteiger partial charge in [-0.25, -0.2) is 9.18 Å². The molecule has 0 bridgehead atoms. The fraction of sp³-hybridized carbons (Fsp3) is 0.533. The normalized spacial score (nSPS) is 11.2. The van der Waals surface area contributed by atoms with Gasteiger partial charge in [-0.15, -0.1) is 0 Å². The lowest BCUT2D eigenvalue weighted by atomic mass is 9.94. The van der Waals surface area contributed by atoms with Gasteiger partial charge < -0.3 is 10.2 Å². The highest BCUT2D eigenvalue weighted by Crippen LogP contribution is 2.22. The molecule has 0 atom stereocenters. The maximum atomic E-state index is 13.8. The molecule has 0 aliphatic heterocycles. The van der Waals surface area contributed by atoms with Crippen LogP contribution in [-0.2, 0) is 5.54 Å².